The van der Waals surface area contributed by atoms with Gasteiger partial charge in [0.05, 0.1) is 6.20 Å². The summed E-state index contributed by atoms with van der Waals surface area (Å²) >= 11 is 0. The molecule has 0 fully saturated rings. The molecule has 102 valence electrons. The van der Waals surface area contributed by atoms with Crippen molar-refractivity contribution in [1.29, 1.82) is 0 Å². The van der Waals surface area contributed by atoms with Crippen LogP contribution in [0.25, 0.3) is 0 Å². The van der Waals surface area contributed by atoms with Gasteiger partial charge >= 0.3 is 0 Å². The molecule has 0 radical (unpaired) electrons. The molecular weight excluding hydrogens is 266 g/mol. The molecule has 0 atom stereocenters. The molecule has 0 spiro atoms. The third-order valence-electron chi connectivity index (χ3n) is 2.63. The van der Waals surface area contributed by atoms with Crippen molar-refractivity contribution in [2.24, 2.45) is 7.05 Å². The van der Waals surface area contributed by atoms with Crippen LogP contribution in [0.5, 0.6) is 0 Å². The van der Waals surface area contributed by atoms with Crippen molar-refractivity contribution in [3.05, 3.63) is 36.3 Å². The van der Waals surface area contributed by atoms with Crippen LogP contribution in [0.15, 0.2) is 35.6 Å². The van der Waals surface area contributed by atoms with E-state index in [1.807, 2.05) is 0 Å². The Bertz CT molecular complexity index is 663. The molecule has 2 heterocycles. The Kier molecular flexibility index (Phi) is 3.54. The van der Waals surface area contributed by atoms with Crippen LogP contribution in [-0.4, -0.2) is 34.5 Å². The van der Waals surface area contributed by atoms with E-state index in [0.29, 0.717) is 0 Å². The SMILES string of the molecule is CN(Cc1cnn(C)c1)S(=O)(=O)c1ccc(N)nc1. The van der Waals surface area contributed by atoms with Gasteiger partial charge in [0.1, 0.15) is 10.7 Å². The number of hydrogen-bond acceptors (Lipinski definition) is 5. The van der Waals surface area contributed by atoms with Gasteiger partial charge in [0.25, 0.3) is 0 Å². The molecule has 0 saturated carbocycles. The van der Waals surface area contributed by atoms with Crippen molar-refractivity contribution in [3.63, 3.8) is 0 Å². The summed E-state index contributed by atoms with van der Waals surface area (Å²) in [6.07, 6.45) is 4.66. The quantitative estimate of drug-likeness (QED) is 0.865. The predicted octanol–water partition coefficient (Wildman–Crippen LogP) is 0.218. The van der Waals surface area contributed by atoms with E-state index >= 15 is 0 Å². The average molecular weight is 281 g/mol. The second kappa shape index (κ2) is 4.98. The molecule has 2 aromatic heterocycles. The zero-order chi connectivity index (χ0) is 14.0. The first-order chi connectivity index (χ1) is 8.89. The molecule has 0 aliphatic heterocycles. The van der Waals surface area contributed by atoms with Gasteiger partial charge in [-0.15, -0.1) is 0 Å². The van der Waals surface area contributed by atoms with Crippen LogP contribution in [0.2, 0.25) is 0 Å². The maximum Gasteiger partial charge on any atom is 0.244 e. The smallest absolute Gasteiger partial charge is 0.244 e. The Morgan fingerprint density at radius 1 is 1.37 bits per heavy atom. The number of aryl methyl sites for hydroxylation is 1. The van der Waals surface area contributed by atoms with Crippen LogP contribution in [0.1, 0.15) is 5.56 Å². The summed E-state index contributed by atoms with van der Waals surface area (Å²) in [5.74, 6) is 0.286. The fourth-order valence-electron chi connectivity index (χ4n) is 1.62. The summed E-state index contributed by atoms with van der Waals surface area (Å²) in [4.78, 5) is 3.91. The molecule has 0 bridgehead atoms. The van der Waals surface area contributed by atoms with E-state index in [4.69, 9.17) is 5.73 Å². The Balaban J connectivity index is 2.21. The number of aromatic nitrogens is 3. The number of nitrogen functional groups attached to an aromatic ring is 1. The van der Waals surface area contributed by atoms with E-state index in [0.717, 1.165) is 5.56 Å². The first kappa shape index (κ1) is 13.5. The lowest BCUT2D eigenvalue weighted by Crippen LogP contribution is -2.26. The monoisotopic (exact) mass is 281 g/mol. The summed E-state index contributed by atoms with van der Waals surface area (Å²) in [7, 11) is -0.274. The second-order valence-corrected chi connectivity index (χ2v) is 6.25. The van der Waals surface area contributed by atoms with Gasteiger partial charge in [-0.2, -0.15) is 9.40 Å². The van der Waals surface area contributed by atoms with Crippen LogP contribution < -0.4 is 5.73 Å². The number of nitrogens with two attached hydrogens (primary N) is 1. The molecule has 0 aliphatic rings. The number of sulfonamides is 1. The highest BCUT2D eigenvalue weighted by Crippen LogP contribution is 2.16. The van der Waals surface area contributed by atoms with Gasteiger partial charge in [0.2, 0.25) is 10.0 Å². The summed E-state index contributed by atoms with van der Waals surface area (Å²) < 4.78 is 27.4. The Morgan fingerprint density at radius 3 is 2.63 bits per heavy atom. The maximum absolute atomic E-state index is 12.3. The van der Waals surface area contributed by atoms with E-state index in [9.17, 15) is 8.42 Å². The van der Waals surface area contributed by atoms with Gasteiger partial charge in [0, 0.05) is 38.6 Å². The van der Waals surface area contributed by atoms with Crippen molar-refractivity contribution in [1.82, 2.24) is 19.1 Å². The number of hydrogen-bond donors (Lipinski definition) is 1. The lowest BCUT2D eigenvalue weighted by molar-refractivity contribution is 0.466. The molecule has 2 N–H and O–H groups in total. The second-order valence-electron chi connectivity index (χ2n) is 4.20. The van der Waals surface area contributed by atoms with Gasteiger partial charge in [-0.25, -0.2) is 13.4 Å². The minimum absolute atomic E-state index is 0.119. The van der Waals surface area contributed by atoms with Crippen molar-refractivity contribution in [3.8, 4) is 0 Å². The first-order valence-corrected chi connectivity index (χ1v) is 6.99. The molecular formula is C11H15N5O2S. The Morgan fingerprint density at radius 2 is 2.11 bits per heavy atom. The van der Waals surface area contributed by atoms with E-state index in [1.54, 1.807) is 24.1 Å². The van der Waals surface area contributed by atoms with Gasteiger partial charge < -0.3 is 5.73 Å². The lowest BCUT2D eigenvalue weighted by Gasteiger charge is -2.16. The predicted molar refractivity (Wildman–Crippen MR) is 70.5 cm³/mol. The molecule has 0 saturated heterocycles. The first-order valence-electron chi connectivity index (χ1n) is 5.55. The van der Waals surface area contributed by atoms with E-state index in [1.165, 1.54) is 29.7 Å². The molecule has 0 unspecified atom stereocenters. The van der Waals surface area contributed by atoms with Crippen molar-refractivity contribution < 1.29 is 8.42 Å². The van der Waals surface area contributed by atoms with E-state index in [2.05, 4.69) is 10.1 Å². The number of rotatable bonds is 4. The largest absolute Gasteiger partial charge is 0.384 e. The number of pyridine rings is 1. The average Bonchev–Trinajstić information content (AvgIpc) is 2.75. The standard InChI is InChI=1S/C11H15N5O2S/c1-15-7-9(5-14-15)8-16(2)19(17,18)10-3-4-11(12)13-6-10/h3-7H,8H2,1-2H3,(H2,12,13). The molecule has 0 aromatic carbocycles. The zero-order valence-electron chi connectivity index (χ0n) is 10.7. The molecule has 2 rings (SSSR count). The summed E-state index contributed by atoms with van der Waals surface area (Å²) in [6.45, 7) is 0.251. The molecule has 19 heavy (non-hydrogen) atoms. The molecule has 0 amide bonds. The number of nitrogens with zero attached hydrogens (tertiary/aromatic N) is 4. The minimum Gasteiger partial charge on any atom is -0.384 e. The van der Waals surface area contributed by atoms with Gasteiger partial charge in [-0.1, -0.05) is 0 Å². The van der Waals surface area contributed by atoms with Crippen LogP contribution in [0, 0.1) is 0 Å². The molecule has 7 nitrogen and oxygen atoms in total. The highest BCUT2D eigenvalue weighted by atomic mass is 32.2. The highest BCUT2D eigenvalue weighted by molar-refractivity contribution is 7.89. The fraction of sp³-hybridized carbons (Fsp3) is 0.273. The molecule has 2 aromatic rings. The van der Waals surface area contributed by atoms with E-state index in [-0.39, 0.29) is 17.3 Å². The third kappa shape index (κ3) is 2.91. The van der Waals surface area contributed by atoms with Gasteiger partial charge in [-0.3, -0.25) is 4.68 Å². The maximum atomic E-state index is 12.3. The third-order valence-corrected chi connectivity index (χ3v) is 4.42. The minimum atomic E-state index is -3.57. The molecule has 0 aliphatic carbocycles. The van der Waals surface area contributed by atoms with Gasteiger partial charge in [-0.05, 0) is 12.1 Å². The topological polar surface area (TPSA) is 94.1 Å². The Hall–Kier alpha value is -1.93. The summed E-state index contributed by atoms with van der Waals surface area (Å²) in [5, 5.41) is 4.00. The van der Waals surface area contributed by atoms with Crippen LogP contribution in [0.3, 0.4) is 0 Å². The number of anilines is 1. The van der Waals surface area contributed by atoms with Crippen molar-refractivity contribution >= 4 is 15.8 Å². The van der Waals surface area contributed by atoms with Crippen LogP contribution >= 0.6 is 0 Å². The van der Waals surface area contributed by atoms with Crippen LogP contribution in [0.4, 0.5) is 5.82 Å². The van der Waals surface area contributed by atoms with Crippen LogP contribution in [-0.2, 0) is 23.6 Å². The zero-order valence-corrected chi connectivity index (χ0v) is 11.5. The lowest BCUT2D eigenvalue weighted by atomic mass is 10.4. The summed E-state index contributed by atoms with van der Waals surface area (Å²) in [6, 6.07) is 2.90. The highest BCUT2D eigenvalue weighted by Gasteiger charge is 2.21. The molecule has 8 heteroatoms. The van der Waals surface area contributed by atoms with Gasteiger partial charge in [0.15, 0.2) is 0 Å². The van der Waals surface area contributed by atoms with Crippen molar-refractivity contribution in [2.45, 2.75) is 11.4 Å². The van der Waals surface area contributed by atoms with E-state index < -0.39 is 10.0 Å². The summed E-state index contributed by atoms with van der Waals surface area (Å²) in [5.41, 5.74) is 6.26. The fourth-order valence-corrected chi connectivity index (χ4v) is 2.72. The normalized spacial score (nSPS) is 11.9. The van der Waals surface area contributed by atoms with Crippen molar-refractivity contribution in [2.75, 3.05) is 12.8 Å². The Labute approximate surface area is 111 Å².